The summed E-state index contributed by atoms with van der Waals surface area (Å²) < 4.78 is 7.08. The summed E-state index contributed by atoms with van der Waals surface area (Å²) in [5, 5.41) is 11.1. The smallest absolute Gasteiger partial charge is 0.225 e. The van der Waals surface area contributed by atoms with Crippen LogP contribution in [0.5, 0.6) is 5.75 Å². The number of amides is 1. The van der Waals surface area contributed by atoms with Crippen LogP contribution in [0.15, 0.2) is 30.6 Å². The van der Waals surface area contributed by atoms with Gasteiger partial charge in [0.15, 0.2) is 0 Å². The molecule has 6 nitrogen and oxygen atoms in total. The number of hydrogen-bond acceptors (Lipinski definition) is 4. The van der Waals surface area contributed by atoms with Gasteiger partial charge in [0.05, 0.1) is 19.2 Å². The highest BCUT2D eigenvalue weighted by molar-refractivity contribution is 6.30. The van der Waals surface area contributed by atoms with Gasteiger partial charge in [-0.05, 0) is 23.8 Å². The summed E-state index contributed by atoms with van der Waals surface area (Å²) in [5.41, 5.74) is 1.95. The third kappa shape index (κ3) is 4.45. The van der Waals surface area contributed by atoms with E-state index in [2.05, 4.69) is 15.7 Å². The number of rotatable bonds is 5. The monoisotopic (exact) mass is 384 g/mol. The van der Waals surface area contributed by atoms with Gasteiger partial charge in [-0.3, -0.25) is 9.48 Å². The zero-order valence-electron chi connectivity index (χ0n) is 14.2. The molecule has 0 saturated carbocycles. The van der Waals surface area contributed by atoms with Gasteiger partial charge in [0.25, 0.3) is 0 Å². The van der Waals surface area contributed by atoms with Crippen LogP contribution in [0.4, 0.5) is 0 Å². The number of carbonyl (C=O) groups excluding carboxylic acids is 1. The molecule has 0 aliphatic carbocycles. The third-order valence-electron chi connectivity index (χ3n) is 4.40. The van der Waals surface area contributed by atoms with E-state index in [1.807, 2.05) is 25.5 Å². The second-order valence-electron chi connectivity index (χ2n) is 5.99. The number of benzene rings is 1. The van der Waals surface area contributed by atoms with E-state index in [0.29, 0.717) is 23.9 Å². The van der Waals surface area contributed by atoms with Crippen molar-refractivity contribution in [3.8, 4) is 5.75 Å². The van der Waals surface area contributed by atoms with Crippen LogP contribution in [0.1, 0.15) is 17.0 Å². The molecule has 0 unspecified atom stereocenters. The molecule has 0 radical (unpaired) electrons. The van der Waals surface area contributed by atoms with Crippen LogP contribution in [-0.4, -0.2) is 35.9 Å². The van der Waals surface area contributed by atoms with Gasteiger partial charge >= 0.3 is 0 Å². The average molecular weight is 385 g/mol. The van der Waals surface area contributed by atoms with E-state index >= 15 is 0 Å². The molecule has 1 aromatic heterocycles. The van der Waals surface area contributed by atoms with Crippen molar-refractivity contribution in [3.63, 3.8) is 0 Å². The van der Waals surface area contributed by atoms with Crippen LogP contribution in [0.25, 0.3) is 0 Å². The van der Waals surface area contributed by atoms with Gasteiger partial charge in [-0.1, -0.05) is 11.6 Å². The Kier molecular flexibility index (Phi) is 6.70. The fourth-order valence-corrected chi connectivity index (χ4v) is 3.33. The Hall–Kier alpha value is -1.76. The van der Waals surface area contributed by atoms with Gasteiger partial charge in [0, 0.05) is 49.4 Å². The molecule has 2 N–H and O–H groups in total. The Bertz CT molecular complexity index is 735. The molecule has 3 rings (SSSR count). The summed E-state index contributed by atoms with van der Waals surface area (Å²) in [7, 11) is 3.49. The maximum atomic E-state index is 12.6. The van der Waals surface area contributed by atoms with Gasteiger partial charge in [-0.25, -0.2) is 0 Å². The first kappa shape index (κ1) is 19.6. The van der Waals surface area contributed by atoms with Crippen LogP contribution in [0.3, 0.4) is 0 Å². The first-order valence-electron chi connectivity index (χ1n) is 7.88. The molecule has 1 fully saturated rings. The summed E-state index contributed by atoms with van der Waals surface area (Å²) >= 11 is 6.03. The number of ether oxygens (including phenoxy) is 1. The van der Waals surface area contributed by atoms with Crippen LogP contribution < -0.4 is 15.4 Å². The number of nitrogens with zero attached hydrogens (tertiary/aromatic N) is 2. The molecule has 136 valence electrons. The van der Waals surface area contributed by atoms with Crippen molar-refractivity contribution in [1.29, 1.82) is 0 Å². The first-order valence-corrected chi connectivity index (χ1v) is 8.25. The SMILES string of the molecule is COc1ccc(Cl)cc1CNC(=O)[C@H]1CNC[C@@H]1c1cnn(C)c1.Cl. The predicted molar refractivity (Wildman–Crippen MR) is 99.4 cm³/mol. The number of halogens is 2. The topological polar surface area (TPSA) is 68.2 Å². The van der Waals surface area contributed by atoms with Gasteiger partial charge < -0.3 is 15.4 Å². The molecule has 1 aliphatic rings. The van der Waals surface area contributed by atoms with E-state index in [1.165, 1.54) is 0 Å². The highest BCUT2D eigenvalue weighted by Gasteiger charge is 2.34. The minimum atomic E-state index is -0.112. The zero-order chi connectivity index (χ0) is 17.1. The van der Waals surface area contributed by atoms with E-state index in [1.54, 1.807) is 23.9 Å². The lowest BCUT2D eigenvalue weighted by Gasteiger charge is -2.17. The molecule has 1 aliphatic heterocycles. The van der Waals surface area contributed by atoms with Crippen LogP contribution in [-0.2, 0) is 18.4 Å². The molecule has 0 bridgehead atoms. The summed E-state index contributed by atoms with van der Waals surface area (Å²) in [4.78, 5) is 12.6. The number of hydrogen-bond donors (Lipinski definition) is 2. The molecule has 2 atom stereocenters. The first-order chi connectivity index (χ1) is 11.6. The predicted octanol–water partition coefficient (Wildman–Crippen LogP) is 2.12. The van der Waals surface area contributed by atoms with Crippen molar-refractivity contribution in [2.75, 3.05) is 20.2 Å². The summed E-state index contributed by atoms with van der Waals surface area (Å²) in [5.74, 6) is 0.767. The van der Waals surface area contributed by atoms with Gasteiger partial charge in [0.2, 0.25) is 5.91 Å². The second kappa shape index (κ2) is 8.56. The molecule has 0 spiro atoms. The highest BCUT2D eigenvalue weighted by atomic mass is 35.5. The Labute approximate surface area is 158 Å². The molecule has 8 heteroatoms. The molecular formula is C17H22Cl2N4O2. The quantitative estimate of drug-likeness (QED) is 0.828. The fraction of sp³-hybridized carbons (Fsp3) is 0.412. The normalized spacial score (nSPS) is 19.3. The van der Waals surface area contributed by atoms with Crippen LogP contribution in [0.2, 0.25) is 5.02 Å². The summed E-state index contributed by atoms with van der Waals surface area (Å²) in [6.45, 7) is 1.83. The molecule has 2 heterocycles. The zero-order valence-corrected chi connectivity index (χ0v) is 15.7. The lowest BCUT2D eigenvalue weighted by atomic mass is 9.90. The maximum absolute atomic E-state index is 12.6. The Morgan fingerprint density at radius 1 is 1.48 bits per heavy atom. The van der Waals surface area contributed by atoms with Crippen molar-refractivity contribution in [3.05, 3.63) is 46.7 Å². The van der Waals surface area contributed by atoms with Crippen molar-refractivity contribution >= 4 is 29.9 Å². The average Bonchev–Trinajstić information content (AvgIpc) is 3.21. The number of aryl methyl sites for hydroxylation is 1. The third-order valence-corrected chi connectivity index (χ3v) is 4.63. The van der Waals surface area contributed by atoms with E-state index in [0.717, 1.165) is 17.7 Å². The van der Waals surface area contributed by atoms with Crippen molar-refractivity contribution in [1.82, 2.24) is 20.4 Å². The van der Waals surface area contributed by atoms with E-state index in [4.69, 9.17) is 16.3 Å². The minimum absolute atomic E-state index is 0. The summed E-state index contributed by atoms with van der Waals surface area (Å²) in [6.07, 6.45) is 3.80. The van der Waals surface area contributed by atoms with Crippen LogP contribution >= 0.6 is 24.0 Å². The van der Waals surface area contributed by atoms with Crippen LogP contribution in [0, 0.1) is 5.92 Å². The Morgan fingerprint density at radius 3 is 2.96 bits per heavy atom. The minimum Gasteiger partial charge on any atom is -0.496 e. The van der Waals surface area contributed by atoms with Gasteiger partial charge in [-0.2, -0.15) is 5.10 Å². The highest BCUT2D eigenvalue weighted by Crippen LogP contribution is 2.28. The molecule has 1 aromatic carbocycles. The van der Waals surface area contributed by atoms with Gasteiger partial charge in [0.1, 0.15) is 5.75 Å². The lowest BCUT2D eigenvalue weighted by molar-refractivity contribution is -0.125. The second-order valence-corrected chi connectivity index (χ2v) is 6.43. The number of aromatic nitrogens is 2. The Morgan fingerprint density at radius 2 is 2.28 bits per heavy atom. The summed E-state index contributed by atoms with van der Waals surface area (Å²) in [6, 6.07) is 5.39. The number of carbonyl (C=O) groups is 1. The van der Waals surface area contributed by atoms with Crippen molar-refractivity contribution in [2.45, 2.75) is 12.5 Å². The van der Waals surface area contributed by atoms with Gasteiger partial charge in [-0.15, -0.1) is 12.4 Å². The molecule has 2 aromatic rings. The van der Waals surface area contributed by atoms with E-state index in [9.17, 15) is 4.79 Å². The van der Waals surface area contributed by atoms with Crippen molar-refractivity contribution in [2.24, 2.45) is 13.0 Å². The van der Waals surface area contributed by atoms with Crippen molar-refractivity contribution < 1.29 is 9.53 Å². The lowest BCUT2D eigenvalue weighted by Crippen LogP contribution is -2.34. The molecule has 1 amide bonds. The molecule has 25 heavy (non-hydrogen) atoms. The maximum Gasteiger partial charge on any atom is 0.225 e. The van der Waals surface area contributed by atoms with E-state index in [-0.39, 0.29) is 30.2 Å². The van der Waals surface area contributed by atoms with E-state index < -0.39 is 0 Å². The number of nitrogens with one attached hydrogen (secondary N) is 2. The fourth-order valence-electron chi connectivity index (χ4n) is 3.13. The number of methoxy groups -OCH3 is 1. The molecular weight excluding hydrogens is 363 g/mol. The Balaban J connectivity index is 0.00000225. The largest absolute Gasteiger partial charge is 0.496 e. The standard InChI is InChI=1S/C17H21ClN4O2.ClH/c1-22-10-12(7-21-22)14-8-19-9-15(14)17(23)20-6-11-5-13(18)3-4-16(11)24-2;/h3-5,7,10,14-15,19H,6,8-9H2,1-2H3,(H,20,23);1H/t14-,15+;/m1./s1. The molecule has 1 saturated heterocycles.